The monoisotopic (exact) mass is 345 g/mol. The number of nitrogens with zero attached hydrogens (tertiary/aromatic N) is 3. The number of hydrogen-bond donors (Lipinski definition) is 2. The molecule has 0 saturated heterocycles. The Morgan fingerprint density at radius 2 is 1.96 bits per heavy atom. The quantitative estimate of drug-likeness (QED) is 0.592. The van der Waals surface area contributed by atoms with Crippen molar-refractivity contribution < 1.29 is 4.79 Å². The standard InChI is InChI=1S/C19H15N5O2/c25-17(16-12-21-19(23-18(16)26)24-10-4-9-22-24)20-11-14-7-3-6-13-5-1-2-8-15(13)14/h1-10,12H,11H2,(H,20,25)(H,21,23,26). The number of nitrogens with one attached hydrogen (secondary N) is 2. The minimum absolute atomic E-state index is 0.0406. The molecule has 0 fully saturated rings. The van der Waals surface area contributed by atoms with Crippen LogP contribution in [-0.2, 0) is 6.54 Å². The zero-order valence-electron chi connectivity index (χ0n) is 13.7. The van der Waals surface area contributed by atoms with Crippen LogP contribution in [0.4, 0.5) is 0 Å². The van der Waals surface area contributed by atoms with Gasteiger partial charge in [0.2, 0.25) is 5.95 Å². The molecule has 7 heteroatoms. The molecule has 0 unspecified atom stereocenters. The summed E-state index contributed by atoms with van der Waals surface area (Å²) < 4.78 is 1.42. The molecule has 26 heavy (non-hydrogen) atoms. The van der Waals surface area contributed by atoms with E-state index in [0.29, 0.717) is 6.54 Å². The molecule has 2 heterocycles. The predicted octanol–water partition coefficient (Wildman–Crippen LogP) is 2.04. The summed E-state index contributed by atoms with van der Waals surface area (Å²) in [4.78, 5) is 31.2. The Morgan fingerprint density at radius 3 is 2.77 bits per heavy atom. The van der Waals surface area contributed by atoms with Crippen LogP contribution in [0.1, 0.15) is 15.9 Å². The second-order valence-electron chi connectivity index (χ2n) is 5.72. The van der Waals surface area contributed by atoms with Gasteiger partial charge in [0.1, 0.15) is 5.56 Å². The molecule has 0 saturated carbocycles. The molecule has 0 aliphatic carbocycles. The van der Waals surface area contributed by atoms with Crippen LogP contribution >= 0.6 is 0 Å². The third-order valence-electron chi connectivity index (χ3n) is 4.07. The van der Waals surface area contributed by atoms with E-state index >= 15 is 0 Å². The smallest absolute Gasteiger partial charge is 0.265 e. The number of aromatic nitrogens is 4. The largest absolute Gasteiger partial charge is 0.348 e. The van der Waals surface area contributed by atoms with Gasteiger partial charge in [0.15, 0.2) is 0 Å². The highest BCUT2D eigenvalue weighted by Crippen LogP contribution is 2.18. The van der Waals surface area contributed by atoms with Gasteiger partial charge >= 0.3 is 0 Å². The molecule has 0 radical (unpaired) electrons. The molecule has 0 aliphatic heterocycles. The van der Waals surface area contributed by atoms with E-state index in [4.69, 9.17) is 0 Å². The lowest BCUT2D eigenvalue weighted by atomic mass is 10.0. The van der Waals surface area contributed by atoms with Gasteiger partial charge in [-0.1, -0.05) is 42.5 Å². The van der Waals surface area contributed by atoms with Gasteiger partial charge in [0, 0.05) is 25.1 Å². The van der Waals surface area contributed by atoms with E-state index in [1.807, 2.05) is 42.5 Å². The second-order valence-corrected chi connectivity index (χ2v) is 5.72. The minimum Gasteiger partial charge on any atom is -0.348 e. The number of fused-ring (bicyclic) bond motifs is 1. The van der Waals surface area contributed by atoms with Gasteiger partial charge in [-0.25, -0.2) is 9.67 Å². The van der Waals surface area contributed by atoms with Gasteiger partial charge in [-0.2, -0.15) is 5.10 Å². The van der Waals surface area contributed by atoms with E-state index in [-0.39, 0.29) is 11.5 Å². The number of carbonyl (C=O) groups is 1. The van der Waals surface area contributed by atoms with Crippen LogP contribution in [0, 0.1) is 0 Å². The Balaban J connectivity index is 1.54. The highest BCUT2D eigenvalue weighted by Gasteiger charge is 2.13. The molecule has 4 rings (SSSR count). The molecule has 1 amide bonds. The maximum Gasteiger partial charge on any atom is 0.265 e. The zero-order valence-corrected chi connectivity index (χ0v) is 13.7. The van der Waals surface area contributed by atoms with Crippen molar-refractivity contribution in [2.45, 2.75) is 6.54 Å². The predicted molar refractivity (Wildman–Crippen MR) is 97.1 cm³/mol. The Labute approximate surface area is 148 Å². The molecule has 2 aromatic carbocycles. The fourth-order valence-corrected chi connectivity index (χ4v) is 2.78. The average molecular weight is 345 g/mol. The van der Waals surface area contributed by atoms with E-state index in [1.54, 1.807) is 18.5 Å². The molecule has 0 atom stereocenters. The summed E-state index contributed by atoms with van der Waals surface area (Å²) in [5.41, 5.74) is 0.427. The van der Waals surface area contributed by atoms with Crippen molar-refractivity contribution >= 4 is 16.7 Å². The normalized spacial score (nSPS) is 10.8. The lowest BCUT2D eigenvalue weighted by Crippen LogP contribution is -2.30. The van der Waals surface area contributed by atoms with E-state index in [1.165, 1.54) is 10.9 Å². The van der Waals surface area contributed by atoms with E-state index < -0.39 is 11.5 Å². The van der Waals surface area contributed by atoms with Crippen molar-refractivity contribution in [1.82, 2.24) is 25.1 Å². The van der Waals surface area contributed by atoms with Gasteiger partial charge in [-0.15, -0.1) is 0 Å². The first-order valence-electron chi connectivity index (χ1n) is 8.06. The van der Waals surface area contributed by atoms with Gasteiger partial charge in [-0.05, 0) is 22.4 Å². The number of hydrogen-bond acceptors (Lipinski definition) is 4. The number of amides is 1. The fourth-order valence-electron chi connectivity index (χ4n) is 2.78. The Morgan fingerprint density at radius 1 is 1.12 bits per heavy atom. The summed E-state index contributed by atoms with van der Waals surface area (Å²) in [7, 11) is 0. The van der Waals surface area contributed by atoms with Crippen LogP contribution in [0.25, 0.3) is 16.7 Å². The van der Waals surface area contributed by atoms with Gasteiger partial charge in [0.05, 0.1) is 0 Å². The van der Waals surface area contributed by atoms with Crippen LogP contribution in [0.5, 0.6) is 0 Å². The highest BCUT2D eigenvalue weighted by atomic mass is 16.2. The third-order valence-corrected chi connectivity index (χ3v) is 4.07. The number of rotatable bonds is 4. The maximum atomic E-state index is 12.4. The fraction of sp³-hybridized carbons (Fsp3) is 0.0526. The summed E-state index contributed by atoms with van der Waals surface area (Å²) in [6.07, 6.45) is 4.48. The molecule has 0 spiro atoms. The molecule has 4 aromatic rings. The lowest BCUT2D eigenvalue weighted by molar-refractivity contribution is 0.0949. The van der Waals surface area contributed by atoms with Gasteiger partial charge in [0.25, 0.3) is 11.5 Å². The molecule has 7 nitrogen and oxygen atoms in total. The van der Waals surface area contributed by atoms with E-state index in [2.05, 4.69) is 20.4 Å². The first-order chi connectivity index (χ1) is 12.7. The third kappa shape index (κ3) is 2.98. The number of carbonyl (C=O) groups excluding carboxylic acids is 1. The molecule has 2 N–H and O–H groups in total. The van der Waals surface area contributed by atoms with Crippen molar-refractivity contribution in [3.63, 3.8) is 0 Å². The van der Waals surface area contributed by atoms with Crippen LogP contribution in [-0.4, -0.2) is 25.7 Å². The number of aromatic amines is 1. The van der Waals surface area contributed by atoms with Gasteiger partial charge in [-0.3, -0.25) is 14.6 Å². The topological polar surface area (TPSA) is 92.7 Å². The van der Waals surface area contributed by atoms with Crippen molar-refractivity contribution in [2.75, 3.05) is 0 Å². The second kappa shape index (κ2) is 6.64. The summed E-state index contributed by atoms with van der Waals surface area (Å²) >= 11 is 0. The summed E-state index contributed by atoms with van der Waals surface area (Å²) in [5, 5.41) is 8.94. The van der Waals surface area contributed by atoms with Crippen LogP contribution in [0.2, 0.25) is 0 Å². The Kier molecular flexibility index (Phi) is 4.03. The van der Waals surface area contributed by atoms with Crippen LogP contribution in [0.15, 0.2) is 71.9 Å². The van der Waals surface area contributed by atoms with E-state index in [0.717, 1.165) is 16.3 Å². The Hall–Kier alpha value is -3.74. The van der Waals surface area contributed by atoms with Crippen molar-refractivity contribution in [3.8, 4) is 5.95 Å². The zero-order chi connectivity index (χ0) is 17.9. The van der Waals surface area contributed by atoms with Crippen LogP contribution in [0.3, 0.4) is 0 Å². The van der Waals surface area contributed by atoms with Crippen molar-refractivity contribution in [1.29, 1.82) is 0 Å². The average Bonchev–Trinajstić information content (AvgIpc) is 3.21. The SMILES string of the molecule is O=C(NCc1cccc2ccccc12)c1cnc(-n2cccn2)[nH]c1=O. The number of benzene rings is 2. The highest BCUT2D eigenvalue weighted by molar-refractivity contribution is 5.94. The van der Waals surface area contributed by atoms with E-state index in [9.17, 15) is 9.59 Å². The maximum absolute atomic E-state index is 12.4. The number of H-pyrrole nitrogens is 1. The molecule has 0 bridgehead atoms. The summed E-state index contributed by atoms with van der Waals surface area (Å²) in [6, 6.07) is 15.6. The molecule has 0 aliphatic rings. The molecule has 2 aromatic heterocycles. The first kappa shape index (κ1) is 15.8. The first-order valence-corrected chi connectivity index (χ1v) is 8.06. The minimum atomic E-state index is -0.513. The summed E-state index contributed by atoms with van der Waals surface area (Å²) in [6.45, 7) is 0.320. The molecule has 128 valence electrons. The van der Waals surface area contributed by atoms with Gasteiger partial charge < -0.3 is 5.32 Å². The lowest BCUT2D eigenvalue weighted by Gasteiger charge is -2.08. The molecular formula is C19H15N5O2. The van der Waals surface area contributed by atoms with Crippen molar-refractivity contribution in [3.05, 3.63) is 88.6 Å². The van der Waals surface area contributed by atoms with Crippen LogP contribution < -0.4 is 10.9 Å². The summed E-state index contributed by atoms with van der Waals surface area (Å²) in [5.74, 6) is -0.218. The molecular weight excluding hydrogens is 330 g/mol. The Bertz CT molecular complexity index is 1130. The van der Waals surface area contributed by atoms with Crippen molar-refractivity contribution in [2.24, 2.45) is 0 Å².